The van der Waals surface area contributed by atoms with Crippen molar-refractivity contribution >= 4 is 68.9 Å². The van der Waals surface area contributed by atoms with Crippen molar-refractivity contribution in [3.05, 3.63) is 109 Å². The van der Waals surface area contributed by atoms with Crippen molar-refractivity contribution < 1.29 is 24.5 Å². The van der Waals surface area contributed by atoms with E-state index in [9.17, 15) is 19.8 Å². The number of carbonyl (C=O) groups is 2. The number of aromatic carboxylic acids is 2. The van der Waals surface area contributed by atoms with Gasteiger partial charge in [0.25, 0.3) is 0 Å². The number of anilines is 2. The van der Waals surface area contributed by atoms with Crippen molar-refractivity contribution in [1.82, 2.24) is 0 Å². The van der Waals surface area contributed by atoms with Gasteiger partial charge in [0.15, 0.2) is 6.10 Å². The summed E-state index contributed by atoms with van der Waals surface area (Å²) in [5.41, 5.74) is 7.91. The molecule has 4 aliphatic rings. The van der Waals surface area contributed by atoms with Crippen LogP contribution in [-0.4, -0.2) is 33.2 Å². The van der Waals surface area contributed by atoms with E-state index in [4.69, 9.17) is 27.9 Å². The van der Waals surface area contributed by atoms with Crippen LogP contribution in [0.25, 0.3) is 22.4 Å². The first-order valence-corrected chi connectivity index (χ1v) is 17.7. The van der Waals surface area contributed by atoms with Gasteiger partial charge in [-0.05, 0) is 105 Å². The fourth-order valence-electron chi connectivity index (χ4n) is 9.19. The fraction of sp³-hybridized carbons (Fsp3) is 0.317. The third-order valence-electron chi connectivity index (χ3n) is 10.8. The molecule has 0 radical (unpaired) electrons. The lowest BCUT2D eigenvalue weighted by Gasteiger charge is -2.41. The van der Waals surface area contributed by atoms with Gasteiger partial charge >= 0.3 is 11.9 Å². The number of halogens is 2. The zero-order valence-electron chi connectivity index (χ0n) is 28.7. The van der Waals surface area contributed by atoms with Crippen molar-refractivity contribution in [2.75, 3.05) is 10.6 Å². The Morgan fingerprint density at radius 2 is 1.44 bits per heavy atom. The monoisotopic (exact) mass is 708 g/mol. The zero-order chi connectivity index (χ0) is 35.6. The number of rotatable bonds is 3. The molecule has 4 N–H and O–H groups in total. The minimum Gasteiger partial charge on any atom is -0.480 e. The molecule has 0 amide bonds. The van der Waals surface area contributed by atoms with Gasteiger partial charge in [-0.25, -0.2) is 9.59 Å². The molecule has 0 spiro atoms. The molecular formula is C41H38Cl2N2O5. The van der Waals surface area contributed by atoms with Crippen molar-refractivity contribution in [2.24, 2.45) is 0 Å². The van der Waals surface area contributed by atoms with Gasteiger partial charge in [0.2, 0.25) is 0 Å². The summed E-state index contributed by atoms with van der Waals surface area (Å²) in [5, 5.41) is 29.4. The minimum atomic E-state index is -1.37. The molecular weight excluding hydrogens is 671 g/mol. The van der Waals surface area contributed by atoms with E-state index in [2.05, 4.69) is 88.6 Å². The van der Waals surface area contributed by atoms with Gasteiger partial charge in [0, 0.05) is 55.7 Å². The summed E-state index contributed by atoms with van der Waals surface area (Å²) in [6.45, 7) is 13.3. The third kappa shape index (κ3) is 4.84. The first kappa shape index (κ1) is 32.7. The molecule has 0 bridgehead atoms. The largest absolute Gasteiger partial charge is 0.480 e. The third-order valence-corrected chi connectivity index (χ3v) is 11.5. The van der Waals surface area contributed by atoms with Crippen LogP contribution in [0.3, 0.4) is 0 Å². The Balaban J connectivity index is 1.44. The first-order chi connectivity index (χ1) is 23.6. The Labute approximate surface area is 300 Å². The van der Waals surface area contributed by atoms with Gasteiger partial charge in [0.1, 0.15) is 5.75 Å². The molecule has 256 valence electrons. The van der Waals surface area contributed by atoms with E-state index >= 15 is 0 Å². The highest BCUT2D eigenvalue weighted by atomic mass is 35.5. The average Bonchev–Trinajstić information content (AvgIpc) is 3.02. The van der Waals surface area contributed by atoms with Gasteiger partial charge in [-0.3, -0.25) is 0 Å². The second kappa shape index (κ2) is 11.0. The first-order valence-electron chi connectivity index (χ1n) is 17.0. The minimum absolute atomic E-state index is 0.0198. The van der Waals surface area contributed by atoms with Crippen LogP contribution in [0.15, 0.2) is 54.1 Å². The molecule has 7 nitrogen and oxygen atoms in total. The number of hydrogen-bond acceptors (Lipinski definition) is 5. The molecule has 0 fully saturated rings. The normalized spacial score (nSPS) is 22.2. The molecule has 9 heteroatoms. The zero-order valence-corrected chi connectivity index (χ0v) is 30.2. The Morgan fingerprint density at radius 3 is 2.10 bits per heavy atom. The molecule has 8 rings (SSSR count). The summed E-state index contributed by atoms with van der Waals surface area (Å²) in [5.74, 6) is -1.57. The predicted molar refractivity (Wildman–Crippen MR) is 201 cm³/mol. The van der Waals surface area contributed by atoms with E-state index in [0.29, 0.717) is 16.9 Å². The van der Waals surface area contributed by atoms with Crippen LogP contribution in [-0.2, 0) is 0 Å². The Kier molecular flexibility index (Phi) is 7.21. The summed E-state index contributed by atoms with van der Waals surface area (Å²) in [6, 6.07) is 13.7. The second-order valence-electron chi connectivity index (χ2n) is 15.6. The number of ether oxygens (including phenoxy) is 1. The number of nitrogens with one attached hydrogen (secondary N) is 2. The van der Waals surface area contributed by atoms with Crippen LogP contribution in [0.5, 0.6) is 5.75 Å². The Morgan fingerprint density at radius 1 is 0.820 bits per heavy atom. The molecule has 3 unspecified atom stereocenters. The molecule has 0 saturated carbocycles. The van der Waals surface area contributed by atoms with Gasteiger partial charge in [-0.1, -0.05) is 61.3 Å². The summed E-state index contributed by atoms with van der Waals surface area (Å²) in [6.07, 6.45) is 5.38. The van der Waals surface area contributed by atoms with Crippen LogP contribution in [0, 0.1) is 0 Å². The summed E-state index contributed by atoms with van der Waals surface area (Å²) in [7, 11) is 0. The van der Waals surface area contributed by atoms with E-state index in [1.54, 1.807) is 0 Å². The number of benzene rings is 4. The van der Waals surface area contributed by atoms with E-state index in [0.717, 1.165) is 51.7 Å². The maximum Gasteiger partial charge on any atom is 0.337 e. The highest BCUT2D eigenvalue weighted by Crippen LogP contribution is 2.56. The molecule has 4 aromatic carbocycles. The lowest BCUT2D eigenvalue weighted by Crippen LogP contribution is -2.37. The van der Waals surface area contributed by atoms with Crippen LogP contribution < -0.4 is 15.4 Å². The Bertz CT molecular complexity index is 2290. The standard InChI is InChI=1S/C41H38Cl2N2O5/c1-18-16-40(3,4)44-28-13-11-22-20(30(18)28)7-9-24-32(33-27(42)15-26(38(46)47)35(43)34(33)39(48)49)25-10-8-21-23(37(25)50-36(22)24)12-14-29-31(21)19(2)17-41(5,6)45-29/h7-15,18-19,36,44-45H,16-17H2,1-6H3,(H,46,47)(H,48,49). The molecule has 50 heavy (non-hydrogen) atoms. The SMILES string of the molecule is CC1CC(C)(C)Nc2ccc3c(c21)C=CC1=C(c2c(Cl)cc(C(=O)O)c(Cl)c2C(=O)O)c2ccc4c5c(ccc4c2OC13)NC(C)(C)CC5C. The van der Waals surface area contributed by atoms with Crippen molar-refractivity contribution in [3.63, 3.8) is 0 Å². The van der Waals surface area contributed by atoms with Crippen LogP contribution in [0.1, 0.15) is 126 Å². The van der Waals surface area contributed by atoms with Gasteiger partial charge in [-0.2, -0.15) is 0 Å². The number of carboxylic acid groups (broad SMARTS) is 2. The topological polar surface area (TPSA) is 108 Å². The average molecular weight is 710 g/mol. The van der Waals surface area contributed by atoms with Crippen LogP contribution in [0.4, 0.5) is 11.4 Å². The van der Waals surface area contributed by atoms with Crippen molar-refractivity contribution in [1.29, 1.82) is 0 Å². The van der Waals surface area contributed by atoms with E-state index in [-0.39, 0.29) is 49.6 Å². The lowest BCUT2D eigenvalue weighted by atomic mass is 9.74. The second-order valence-corrected chi connectivity index (χ2v) is 16.3. The Hall–Kier alpha value is -4.46. The van der Waals surface area contributed by atoms with Crippen LogP contribution in [0.2, 0.25) is 10.0 Å². The molecule has 4 aromatic rings. The molecule has 3 heterocycles. The molecule has 3 atom stereocenters. The predicted octanol–water partition coefficient (Wildman–Crippen LogP) is 10.9. The number of hydrogen-bond donors (Lipinski definition) is 4. The molecule has 0 aromatic heterocycles. The highest BCUT2D eigenvalue weighted by Gasteiger charge is 2.40. The molecule has 1 aliphatic carbocycles. The molecule has 0 saturated heterocycles. The lowest BCUT2D eigenvalue weighted by molar-refractivity contribution is 0.0695. The maximum absolute atomic E-state index is 13.0. The van der Waals surface area contributed by atoms with Gasteiger partial charge in [-0.15, -0.1) is 0 Å². The van der Waals surface area contributed by atoms with Crippen LogP contribution >= 0.6 is 23.2 Å². The van der Waals surface area contributed by atoms with Gasteiger partial charge in [0.05, 0.1) is 21.2 Å². The van der Waals surface area contributed by atoms with Crippen molar-refractivity contribution in [2.45, 2.75) is 83.4 Å². The number of carboxylic acids is 2. The quantitative estimate of drug-likeness (QED) is 0.168. The summed E-state index contributed by atoms with van der Waals surface area (Å²) in [4.78, 5) is 25.1. The highest BCUT2D eigenvalue weighted by molar-refractivity contribution is 6.40. The van der Waals surface area contributed by atoms with Gasteiger partial charge < -0.3 is 25.6 Å². The van der Waals surface area contributed by atoms with Crippen molar-refractivity contribution in [3.8, 4) is 5.75 Å². The summed E-state index contributed by atoms with van der Waals surface area (Å²) >= 11 is 13.5. The smallest absolute Gasteiger partial charge is 0.337 e. The van der Waals surface area contributed by atoms with E-state index < -0.39 is 18.0 Å². The molecule has 3 aliphatic heterocycles. The van der Waals surface area contributed by atoms with E-state index in [1.807, 2.05) is 12.1 Å². The van der Waals surface area contributed by atoms with E-state index in [1.165, 1.54) is 17.2 Å². The number of fused-ring (bicyclic) bond motifs is 10. The fourth-order valence-corrected chi connectivity index (χ4v) is 9.80. The summed E-state index contributed by atoms with van der Waals surface area (Å²) < 4.78 is 7.13. The maximum atomic E-state index is 13.0.